The third kappa shape index (κ3) is 2.90. The van der Waals surface area contributed by atoms with Crippen LogP contribution in [-0.2, 0) is 20.3 Å². The molecule has 7 nitrogen and oxygen atoms in total. The van der Waals surface area contributed by atoms with Gasteiger partial charge in [0.15, 0.2) is 9.84 Å². The van der Waals surface area contributed by atoms with Crippen molar-refractivity contribution in [1.29, 1.82) is 0 Å². The van der Waals surface area contributed by atoms with Crippen molar-refractivity contribution in [2.45, 2.75) is 30.5 Å². The molecule has 0 spiro atoms. The van der Waals surface area contributed by atoms with Crippen LogP contribution in [0.2, 0.25) is 0 Å². The predicted molar refractivity (Wildman–Crippen MR) is 65.4 cm³/mol. The summed E-state index contributed by atoms with van der Waals surface area (Å²) in [5, 5.41) is 8.37. The van der Waals surface area contributed by atoms with E-state index in [0.717, 1.165) is 12.5 Å². The van der Waals surface area contributed by atoms with Crippen LogP contribution in [0.25, 0.3) is 0 Å². The number of ether oxygens (including phenoxy) is 1. The zero-order valence-electron chi connectivity index (χ0n) is 10.3. The van der Waals surface area contributed by atoms with Gasteiger partial charge in [-0.15, -0.1) is 0 Å². The first-order valence-corrected chi connectivity index (χ1v) is 7.48. The van der Waals surface area contributed by atoms with Crippen molar-refractivity contribution < 1.29 is 23.1 Å². The highest BCUT2D eigenvalue weighted by Gasteiger charge is 2.36. The first-order valence-electron chi connectivity index (χ1n) is 5.77. The molecule has 2 heterocycles. The van der Waals surface area contributed by atoms with Crippen LogP contribution in [0.15, 0.2) is 12.5 Å². The third-order valence-electron chi connectivity index (χ3n) is 3.13. The predicted octanol–water partition coefficient (Wildman–Crippen LogP) is 0.267. The smallest absolute Gasteiger partial charge is 0.339 e. The van der Waals surface area contributed by atoms with Gasteiger partial charge >= 0.3 is 5.97 Å². The Morgan fingerprint density at radius 1 is 1.58 bits per heavy atom. The van der Waals surface area contributed by atoms with Crippen LogP contribution < -0.4 is 0 Å². The number of carboxylic acid groups (broad SMARTS) is 1. The minimum Gasteiger partial charge on any atom is -0.478 e. The van der Waals surface area contributed by atoms with Crippen molar-refractivity contribution in [2.24, 2.45) is 0 Å². The van der Waals surface area contributed by atoms with Crippen molar-refractivity contribution in [3.05, 3.63) is 23.8 Å². The summed E-state index contributed by atoms with van der Waals surface area (Å²) in [5.74, 6) is -1.64. The van der Waals surface area contributed by atoms with Crippen LogP contribution in [0.1, 0.15) is 29.4 Å². The van der Waals surface area contributed by atoms with Gasteiger partial charge in [-0.2, -0.15) is 0 Å². The van der Waals surface area contributed by atoms with E-state index in [1.165, 1.54) is 0 Å². The Bertz CT molecular complexity index is 587. The lowest BCUT2D eigenvalue weighted by Crippen LogP contribution is -2.30. The van der Waals surface area contributed by atoms with E-state index in [-0.39, 0.29) is 17.4 Å². The van der Waals surface area contributed by atoms with Gasteiger partial charge in [0.05, 0.1) is 22.8 Å². The number of aromatic nitrogens is 2. The first kappa shape index (κ1) is 13.9. The van der Waals surface area contributed by atoms with Gasteiger partial charge in [-0.25, -0.2) is 23.2 Å². The molecule has 1 fully saturated rings. The molecule has 0 saturated carbocycles. The normalized spacial score (nSPS) is 23.4. The molecule has 104 valence electrons. The lowest BCUT2D eigenvalue weighted by atomic mass is 10.2. The first-order chi connectivity index (χ1) is 8.92. The zero-order chi connectivity index (χ0) is 14.0. The average Bonchev–Trinajstić information content (AvgIpc) is 2.76. The van der Waals surface area contributed by atoms with Crippen molar-refractivity contribution in [2.75, 3.05) is 6.61 Å². The van der Waals surface area contributed by atoms with E-state index in [1.807, 2.05) is 0 Å². The topological polar surface area (TPSA) is 106 Å². The lowest BCUT2D eigenvalue weighted by molar-refractivity contribution is 0.0695. The van der Waals surface area contributed by atoms with E-state index in [0.29, 0.717) is 13.0 Å². The van der Waals surface area contributed by atoms with E-state index in [4.69, 9.17) is 9.84 Å². The molecule has 1 saturated heterocycles. The fraction of sp³-hybridized carbons (Fsp3) is 0.545. The molecule has 1 aromatic heterocycles. The number of carbonyl (C=O) groups is 1. The van der Waals surface area contributed by atoms with Crippen molar-refractivity contribution in [3.63, 3.8) is 0 Å². The van der Waals surface area contributed by atoms with Crippen LogP contribution in [0.4, 0.5) is 0 Å². The minimum absolute atomic E-state index is 0.0154. The molecule has 2 unspecified atom stereocenters. The molecule has 0 aliphatic carbocycles. The summed E-state index contributed by atoms with van der Waals surface area (Å²) in [6.07, 6.45) is 2.30. The van der Waals surface area contributed by atoms with E-state index < -0.39 is 26.8 Å². The van der Waals surface area contributed by atoms with Gasteiger partial charge in [-0.1, -0.05) is 0 Å². The van der Waals surface area contributed by atoms with Crippen molar-refractivity contribution in [1.82, 2.24) is 9.97 Å². The molecule has 0 amide bonds. The number of aromatic carboxylic acids is 1. The number of sulfone groups is 1. The molecule has 0 bridgehead atoms. The van der Waals surface area contributed by atoms with E-state index >= 15 is 0 Å². The summed E-state index contributed by atoms with van der Waals surface area (Å²) >= 11 is 0. The number of rotatable bonds is 4. The Labute approximate surface area is 110 Å². The van der Waals surface area contributed by atoms with Gasteiger partial charge in [-0.3, -0.25) is 0 Å². The second kappa shape index (κ2) is 5.22. The number of nitrogens with zero attached hydrogens (tertiary/aromatic N) is 2. The molecule has 19 heavy (non-hydrogen) atoms. The summed E-state index contributed by atoms with van der Waals surface area (Å²) in [4.78, 5) is 18.4. The Kier molecular flexibility index (Phi) is 3.81. The second-order valence-electron chi connectivity index (χ2n) is 4.40. The number of hydrogen-bond acceptors (Lipinski definition) is 6. The monoisotopic (exact) mass is 286 g/mol. The molecule has 1 aliphatic rings. The second-order valence-corrected chi connectivity index (χ2v) is 6.62. The third-order valence-corrected chi connectivity index (χ3v) is 5.35. The van der Waals surface area contributed by atoms with Gasteiger partial charge in [0.1, 0.15) is 11.9 Å². The average molecular weight is 286 g/mol. The minimum atomic E-state index is -3.50. The van der Waals surface area contributed by atoms with Crippen LogP contribution in [0, 0.1) is 0 Å². The Hall–Kier alpha value is -1.54. The molecule has 2 atom stereocenters. The highest BCUT2D eigenvalue weighted by atomic mass is 32.2. The summed E-state index contributed by atoms with van der Waals surface area (Å²) in [5.41, 5.74) is -0.167. The van der Waals surface area contributed by atoms with E-state index in [9.17, 15) is 13.2 Å². The molecule has 8 heteroatoms. The SMILES string of the molecule is CC1OCCC1S(=O)(=O)Cc1ncncc1C(=O)O. The quantitative estimate of drug-likeness (QED) is 0.846. The van der Waals surface area contributed by atoms with Crippen LogP contribution >= 0.6 is 0 Å². The number of carboxylic acids is 1. The molecule has 1 N–H and O–H groups in total. The van der Waals surface area contributed by atoms with Crippen LogP contribution in [-0.4, -0.2) is 47.4 Å². The van der Waals surface area contributed by atoms with Crippen molar-refractivity contribution >= 4 is 15.8 Å². The standard InChI is InChI=1S/C11H14N2O5S/c1-7-10(2-3-18-7)19(16,17)5-9-8(11(14)15)4-12-6-13-9/h4,6-7,10H,2-3,5H2,1H3,(H,14,15). The van der Waals surface area contributed by atoms with E-state index in [1.54, 1.807) is 6.92 Å². The fourth-order valence-corrected chi connectivity index (χ4v) is 4.07. The van der Waals surface area contributed by atoms with Gasteiger partial charge in [0.25, 0.3) is 0 Å². The zero-order valence-corrected chi connectivity index (χ0v) is 11.1. The van der Waals surface area contributed by atoms with Crippen LogP contribution in [0.3, 0.4) is 0 Å². The molecule has 1 aliphatic heterocycles. The maximum atomic E-state index is 12.3. The number of hydrogen-bond donors (Lipinski definition) is 1. The van der Waals surface area contributed by atoms with Crippen LogP contribution in [0.5, 0.6) is 0 Å². The molecule has 1 aromatic rings. The lowest BCUT2D eigenvalue weighted by Gasteiger charge is -2.15. The maximum Gasteiger partial charge on any atom is 0.339 e. The molecule has 0 radical (unpaired) electrons. The van der Waals surface area contributed by atoms with Gasteiger partial charge in [0, 0.05) is 12.8 Å². The Morgan fingerprint density at radius 2 is 2.32 bits per heavy atom. The summed E-state index contributed by atoms with van der Waals surface area (Å²) in [6.45, 7) is 2.11. The van der Waals surface area contributed by atoms with E-state index in [2.05, 4.69) is 9.97 Å². The largest absolute Gasteiger partial charge is 0.478 e. The Balaban J connectivity index is 2.28. The van der Waals surface area contributed by atoms with Crippen molar-refractivity contribution in [3.8, 4) is 0 Å². The molecular formula is C11H14N2O5S. The summed E-state index contributed by atoms with van der Waals surface area (Å²) in [6, 6.07) is 0. The fourth-order valence-electron chi connectivity index (χ4n) is 2.13. The van der Waals surface area contributed by atoms with Gasteiger partial charge in [-0.05, 0) is 13.3 Å². The molecule has 2 rings (SSSR count). The maximum absolute atomic E-state index is 12.3. The van der Waals surface area contributed by atoms with Gasteiger partial charge < -0.3 is 9.84 Å². The Morgan fingerprint density at radius 3 is 2.89 bits per heavy atom. The van der Waals surface area contributed by atoms with Gasteiger partial charge in [0.2, 0.25) is 0 Å². The summed E-state index contributed by atoms with van der Waals surface area (Å²) in [7, 11) is -3.50. The highest BCUT2D eigenvalue weighted by Crippen LogP contribution is 2.24. The summed E-state index contributed by atoms with van der Waals surface area (Å²) < 4.78 is 29.7. The highest BCUT2D eigenvalue weighted by molar-refractivity contribution is 7.91. The molecule has 0 aromatic carbocycles. The molecular weight excluding hydrogens is 272 g/mol.